The van der Waals surface area contributed by atoms with Crippen LogP contribution in [0.2, 0.25) is 0 Å². The van der Waals surface area contributed by atoms with Crippen molar-refractivity contribution in [2.24, 2.45) is 0 Å². The van der Waals surface area contributed by atoms with Crippen molar-refractivity contribution in [2.45, 2.75) is 12.8 Å². The first-order valence-electron chi connectivity index (χ1n) is 4.64. The molecule has 0 radical (unpaired) electrons. The Balaban J connectivity index is 2.36. The molecule has 0 aromatic carbocycles. The molecule has 2 aliphatic rings. The van der Waals surface area contributed by atoms with Gasteiger partial charge >= 0.3 is 0 Å². The minimum absolute atomic E-state index is 0.996. The maximum absolute atomic E-state index is 4.11. The van der Waals surface area contributed by atoms with Gasteiger partial charge in [0, 0.05) is 26.2 Å². The van der Waals surface area contributed by atoms with E-state index in [0.717, 1.165) is 12.8 Å². The minimum Gasteiger partial charge on any atom is -0.381 e. The van der Waals surface area contributed by atoms with Gasteiger partial charge in [0.25, 0.3) is 0 Å². The molecule has 2 rings (SSSR count). The average molecular weight is 173 g/mol. The molecule has 0 aliphatic heterocycles. The molecule has 68 valence electrons. The van der Waals surface area contributed by atoms with Crippen molar-refractivity contribution < 1.29 is 0 Å². The highest BCUT2D eigenvalue weighted by Crippen LogP contribution is 2.34. The maximum Gasteiger partial charge on any atom is 0.0175 e. The number of nitrogens with zero attached hydrogens (tertiary/aromatic N) is 1. The highest BCUT2D eigenvalue weighted by Gasteiger charge is 2.17. The Bertz CT molecular complexity index is 340. The van der Waals surface area contributed by atoms with Gasteiger partial charge in [0.05, 0.1) is 0 Å². The second-order valence-electron chi connectivity index (χ2n) is 3.86. The Morgan fingerprint density at radius 2 is 2.15 bits per heavy atom. The Labute approximate surface area is 79.7 Å². The smallest absolute Gasteiger partial charge is 0.0175 e. The maximum atomic E-state index is 4.11. The van der Waals surface area contributed by atoms with E-state index in [-0.39, 0.29) is 0 Å². The average Bonchev–Trinajstić information content (AvgIpc) is 2.51. The van der Waals surface area contributed by atoms with Crippen molar-refractivity contribution in [3.63, 3.8) is 0 Å². The Hall–Kier alpha value is -1.24. The molecule has 0 aromatic heterocycles. The normalized spacial score (nSPS) is 20.5. The lowest BCUT2D eigenvalue weighted by Gasteiger charge is -2.23. The molecule has 0 saturated carbocycles. The van der Waals surface area contributed by atoms with Crippen LogP contribution in [-0.4, -0.2) is 19.0 Å². The molecule has 0 bridgehead atoms. The summed E-state index contributed by atoms with van der Waals surface area (Å²) in [6.45, 7) is 4.11. The van der Waals surface area contributed by atoms with Crippen molar-refractivity contribution in [3.05, 3.63) is 47.2 Å². The van der Waals surface area contributed by atoms with Gasteiger partial charge in [-0.15, -0.1) is 0 Å². The second kappa shape index (κ2) is 2.91. The van der Waals surface area contributed by atoms with Gasteiger partial charge in [-0.1, -0.05) is 18.7 Å². The molecular weight excluding hydrogens is 158 g/mol. The van der Waals surface area contributed by atoms with E-state index in [9.17, 15) is 0 Å². The summed E-state index contributed by atoms with van der Waals surface area (Å²) in [6, 6.07) is 0. The molecule has 1 nitrogen and oxygen atoms in total. The van der Waals surface area contributed by atoms with E-state index in [4.69, 9.17) is 0 Å². The molecule has 0 aromatic rings. The van der Waals surface area contributed by atoms with Gasteiger partial charge in [-0.2, -0.15) is 0 Å². The number of rotatable bonds is 1. The van der Waals surface area contributed by atoms with Crippen LogP contribution in [0.1, 0.15) is 12.8 Å². The van der Waals surface area contributed by atoms with Crippen molar-refractivity contribution in [3.8, 4) is 0 Å². The molecule has 0 spiro atoms. The fourth-order valence-electron chi connectivity index (χ4n) is 1.86. The summed E-state index contributed by atoms with van der Waals surface area (Å²) < 4.78 is 0. The predicted molar refractivity (Wildman–Crippen MR) is 56.3 cm³/mol. The first kappa shape index (κ1) is 8.36. The van der Waals surface area contributed by atoms with Gasteiger partial charge in [-0.3, -0.25) is 0 Å². The van der Waals surface area contributed by atoms with Crippen molar-refractivity contribution >= 4 is 0 Å². The molecule has 0 N–H and O–H groups in total. The quantitative estimate of drug-likeness (QED) is 0.589. The molecule has 0 amide bonds. The predicted octanol–water partition coefficient (Wildman–Crippen LogP) is 2.65. The summed E-state index contributed by atoms with van der Waals surface area (Å²) in [4.78, 5) is 2.17. The molecule has 0 heterocycles. The van der Waals surface area contributed by atoms with E-state index >= 15 is 0 Å². The zero-order chi connectivity index (χ0) is 9.42. The van der Waals surface area contributed by atoms with Crippen LogP contribution in [0.15, 0.2) is 47.2 Å². The van der Waals surface area contributed by atoms with E-state index in [0.29, 0.717) is 0 Å². The van der Waals surface area contributed by atoms with Gasteiger partial charge in [0.2, 0.25) is 0 Å². The van der Waals surface area contributed by atoms with Gasteiger partial charge in [-0.05, 0) is 29.2 Å². The molecule has 13 heavy (non-hydrogen) atoms. The van der Waals surface area contributed by atoms with E-state index in [1.807, 2.05) is 0 Å². The SMILES string of the molecule is C=C1CC(N(C)C)=CC2=C1C=CC2. The third-order valence-electron chi connectivity index (χ3n) is 2.66. The van der Waals surface area contributed by atoms with Gasteiger partial charge < -0.3 is 4.90 Å². The van der Waals surface area contributed by atoms with E-state index in [2.05, 4.69) is 43.8 Å². The van der Waals surface area contributed by atoms with Gasteiger partial charge in [-0.25, -0.2) is 0 Å². The Morgan fingerprint density at radius 3 is 2.85 bits per heavy atom. The van der Waals surface area contributed by atoms with Crippen LogP contribution in [0.25, 0.3) is 0 Å². The monoisotopic (exact) mass is 173 g/mol. The van der Waals surface area contributed by atoms with E-state index in [1.165, 1.54) is 22.4 Å². The molecular formula is C12H15N. The summed E-state index contributed by atoms with van der Waals surface area (Å²) in [6.07, 6.45) is 8.78. The van der Waals surface area contributed by atoms with E-state index in [1.54, 1.807) is 0 Å². The molecule has 0 unspecified atom stereocenters. The van der Waals surface area contributed by atoms with Crippen LogP contribution in [0.4, 0.5) is 0 Å². The number of hydrogen-bond acceptors (Lipinski definition) is 1. The first-order chi connectivity index (χ1) is 6.18. The van der Waals surface area contributed by atoms with Crippen molar-refractivity contribution in [1.29, 1.82) is 0 Å². The largest absolute Gasteiger partial charge is 0.381 e. The summed E-state index contributed by atoms with van der Waals surface area (Å²) >= 11 is 0. The van der Waals surface area contributed by atoms with Crippen molar-refractivity contribution in [1.82, 2.24) is 4.90 Å². The third kappa shape index (κ3) is 1.35. The molecule has 0 saturated heterocycles. The highest BCUT2D eigenvalue weighted by molar-refractivity contribution is 5.55. The number of hydrogen-bond donors (Lipinski definition) is 0. The first-order valence-corrected chi connectivity index (χ1v) is 4.64. The van der Waals surface area contributed by atoms with Crippen LogP contribution in [0.3, 0.4) is 0 Å². The highest BCUT2D eigenvalue weighted by atomic mass is 15.1. The lowest BCUT2D eigenvalue weighted by molar-refractivity contribution is 0.496. The summed E-state index contributed by atoms with van der Waals surface area (Å²) in [5.41, 5.74) is 5.42. The van der Waals surface area contributed by atoms with Gasteiger partial charge in [0.15, 0.2) is 0 Å². The standard InChI is InChI=1S/C12H15N/c1-9-7-11(13(2)3)8-10-5-4-6-12(9)10/h4,6,8H,1,5,7H2,2-3H3. The van der Waals surface area contributed by atoms with E-state index < -0.39 is 0 Å². The molecule has 0 fully saturated rings. The molecule has 0 atom stereocenters. The zero-order valence-electron chi connectivity index (χ0n) is 8.30. The van der Waals surface area contributed by atoms with Crippen LogP contribution in [0.5, 0.6) is 0 Å². The van der Waals surface area contributed by atoms with Crippen LogP contribution in [0, 0.1) is 0 Å². The molecule has 1 heteroatoms. The van der Waals surface area contributed by atoms with Crippen LogP contribution < -0.4 is 0 Å². The fraction of sp³-hybridized carbons (Fsp3) is 0.333. The zero-order valence-corrected chi connectivity index (χ0v) is 8.30. The number of allylic oxidation sites excluding steroid dienone is 6. The lowest BCUT2D eigenvalue weighted by atomic mass is 9.93. The molecule has 2 aliphatic carbocycles. The Kier molecular flexibility index (Phi) is 1.87. The Morgan fingerprint density at radius 1 is 1.38 bits per heavy atom. The lowest BCUT2D eigenvalue weighted by Crippen LogP contribution is -2.14. The summed E-state index contributed by atoms with van der Waals surface area (Å²) in [5, 5.41) is 0. The topological polar surface area (TPSA) is 3.24 Å². The minimum atomic E-state index is 0.996. The fourth-order valence-corrected chi connectivity index (χ4v) is 1.86. The van der Waals surface area contributed by atoms with Crippen molar-refractivity contribution in [2.75, 3.05) is 14.1 Å². The van der Waals surface area contributed by atoms with Crippen LogP contribution in [-0.2, 0) is 0 Å². The summed E-state index contributed by atoms with van der Waals surface area (Å²) in [7, 11) is 4.18. The second-order valence-corrected chi connectivity index (χ2v) is 3.86. The van der Waals surface area contributed by atoms with Gasteiger partial charge in [0.1, 0.15) is 0 Å². The van der Waals surface area contributed by atoms with Crippen LogP contribution >= 0.6 is 0 Å². The summed E-state index contributed by atoms with van der Waals surface area (Å²) in [5.74, 6) is 0. The third-order valence-corrected chi connectivity index (χ3v) is 2.66.